The van der Waals surface area contributed by atoms with Gasteiger partial charge in [-0.1, -0.05) is 78.9 Å². The lowest BCUT2D eigenvalue weighted by Crippen LogP contribution is -1.97. The second kappa shape index (κ2) is 7.42. The first-order chi connectivity index (χ1) is 16.9. The standard InChI is InChI=1S/C30H19N3O/c1-2-10-20(11-3-1)28-29(27-19-22-13-5-7-16-26(22)34-27)32-33-25(24-15-8-9-17-31-24)18-21-12-4-6-14-23(21)30(28)33/h1-19H. The fourth-order valence-corrected chi connectivity index (χ4v) is 4.73. The van der Waals surface area contributed by atoms with Crippen molar-refractivity contribution in [1.29, 1.82) is 0 Å². The molecule has 0 N–H and O–H groups in total. The van der Waals surface area contributed by atoms with E-state index in [0.29, 0.717) is 0 Å². The third-order valence-electron chi connectivity index (χ3n) is 6.27. The highest BCUT2D eigenvalue weighted by atomic mass is 16.3. The van der Waals surface area contributed by atoms with Crippen LogP contribution in [0.15, 0.2) is 120 Å². The van der Waals surface area contributed by atoms with Crippen molar-refractivity contribution in [3.8, 4) is 34.0 Å². The van der Waals surface area contributed by atoms with Gasteiger partial charge in [-0.15, -0.1) is 0 Å². The molecule has 7 aromatic rings. The second-order valence-corrected chi connectivity index (χ2v) is 8.33. The van der Waals surface area contributed by atoms with Gasteiger partial charge in [0.2, 0.25) is 0 Å². The number of hydrogen-bond donors (Lipinski definition) is 0. The smallest absolute Gasteiger partial charge is 0.156 e. The average molecular weight is 438 g/mol. The number of aromatic nitrogens is 3. The Balaban J connectivity index is 1.67. The highest BCUT2D eigenvalue weighted by Crippen LogP contribution is 2.41. The van der Waals surface area contributed by atoms with Gasteiger partial charge < -0.3 is 4.42 Å². The van der Waals surface area contributed by atoms with E-state index >= 15 is 0 Å². The van der Waals surface area contributed by atoms with Gasteiger partial charge in [-0.05, 0) is 41.3 Å². The van der Waals surface area contributed by atoms with Crippen LogP contribution in [0.3, 0.4) is 0 Å². The van der Waals surface area contributed by atoms with Gasteiger partial charge in [0, 0.05) is 22.5 Å². The molecule has 3 aromatic carbocycles. The minimum atomic E-state index is 0.750. The van der Waals surface area contributed by atoms with Crippen molar-refractivity contribution in [3.05, 3.63) is 115 Å². The van der Waals surface area contributed by atoms with E-state index in [2.05, 4.69) is 71.7 Å². The second-order valence-electron chi connectivity index (χ2n) is 8.33. The van der Waals surface area contributed by atoms with Gasteiger partial charge in [-0.2, -0.15) is 5.10 Å². The summed E-state index contributed by atoms with van der Waals surface area (Å²) in [7, 11) is 0. The molecule has 0 aliphatic carbocycles. The van der Waals surface area contributed by atoms with Gasteiger partial charge in [-0.3, -0.25) is 4.98 Å². The Morgan fingerprint density at radius 2 is 1.44 bits per heavy atom. The van der Waals surface area contributed by atoms with E-state index in [1.807, 2.05) is 53.2 Å². The van der Waals surface area contributed by atoms with Crippen LogP contribution >= 0.6 is 0 Å². The summed E-state index contributed by atoms with van der Waals surface area (Å²) in [4.78, 5) is 4.64. The van der Waals surface area contributed by atoms with Crippen LogP contribution in [0.25, 0.3) is 61.2 Å². The highest BCUT2D eigenvalue weighted by molar-refractivity contribution is 6.08. The van der Waals surface area contributed by atoms with Crippen LogP contribution in [0.5, 0.6) is 0 Å². The minimum Gasteiger partial charge on any atom is -0.454 e. The number of rotatable bonds is 3. The number of fused-ring (bicyclic) bond motifs is 4. The largest absolute Gasteiger partial charge is 0.454 e. The van der Waals surface area contributed by atoms with Crippen LogP contribution in [0, 0.1) is 0 Å². The van der Waals surface area contributed by atoms with Gasteiger partial charge in [0.1, 0.15) is 11.3 Å². The van der Waals surface area contributed by atoms with Gasteiger partial charge in [0.15, 0.2) is 5.76 Å². The molecular weight excluding hydrogens is 418 g/mol. The van der Waals surface area contributed by atoms with E-state index in [-0.39, 0.29) is 0 Å². The van der Waals surface area contributed by atoms with Crippen LogP contribution in [-0.4, -0.2) is 14.6 Å². The summed E-state index contributed by atoms with van der Waals surface area (Å²) in [6.45, 7) is 0. The van der Waals surface area contributed by atoms with Crippen LogP contribution in [0.2, 0.25) is 0 Å². The Bertz CT molecular complexity index is 1760. The zero-order valence-electron chi connectivity index (χ0n) is 18.2. The maximum absolute atomic E-state index is 6.31. The summed E-state index contributed by atoms with van der Waals surface area (Å²) in [6.07, 6.45) is 1.82. The predicted octanol–water partition coefficient (Wildman–Crippen LogP) is 7.63. The molecule has 0 aliphatic rings. The van der Waals surface area contributed by atoms with E-state index in [4.69, 9.17) is 9.52 Å². The molecular formula is C30H19N3O. The summed E-state index contributed by atoms with van der Waals surface area (Å²) >= 11 is 0. The normalized spacial score (nSPS) is 11.5. The lowest BCUT2D eigenvalue weighted by molar-refractivity contribution is 0.628. The van der Waals surface area contributed by atoms with Crippen molar-refractivity contribution in [2.75, 3.05) is 0 Å². The van der Waals surface area contributed by atoms with Crippen molar-refractivity contribution in [2.24, 2.45) is 0 Å². The summed E-state index contributed by atoms with van der Waals surface area (Å²) in [5.74, 6) is 0.750. The van der Waals surface area contributed by atoms with E-state index in [0.717, 1.165) is 61.2 Å². The molecule has 34 heavy (non-hydrogen) atoms. The third-order valence-corrected chi connectivity index (χ3v) is 6.27. The lowest BCUT2D eigenvalue weighted by atomic mass is 9.99. The van der Waals surface area contributed by atoms with Crippen molar-refractivity contribution in [2.45, 2.75) is 0 Å². The molecule has 0 fully saturated rings. The molecule has 0 atom stereocenters. The van der Waals surface area contributed by atoms with Crippen molar-refractivity contribution < 1.29 is 4.42 Å². The maximum atomic E-state index is 6.31. The number of nitrogens with zero attached hydrogens (tertiary/aromatic N) is 3. The van der Waals surface area contributed by atoms with Crippen molar-refractivity contribution >= 4 is 27.3 Å². The summed E-state index contributed by atoms with van der Waals surface area (Å²) in [6, 6.07) is 37.1. The molecule has 4 aromatic heterocycles. The van der Waals surface area contributed by atoms with Crippen molar-refractivity contribution in [3.63, 3.8) is 0 Å². The monoisotopic (exact) mass is 437 g/mol. The zero-order chi connectivity index (χ0) is 22.5. The van der Waals surface area contributed by atoms with Crippen LogP contribution in [-0.2, 0) is 0 Å². The Hall–Kier alpha value is -4.70. The predicted molar refractivity (Wildman–Crippen MR) is 137 cm³/mol. The third kappa shape index (κ3) is 2.86. The Kier molecular flexibility index (Phi) is 4.11. The molecule has 0 amide bonds. The Morgan fingerprint density at radius 1 is 0.676 bits per heavy atom. The number of benzene rings is 3. The van der Waals surface area contributed by atoms with E-state index in [9.17, 15) is 0 Å². The topological polar surface area (TPSA) is 43.3 Å². The van der Waals surface area contributed by atoms with E-state index in [1.54, 1.807) is 0 Å². The van der Waals surface area contributed by atoms with Crippen LogP contribution < -0.4 is 0 Å². The molecule has 7 rings (SSSR count). The van der Waals surface area contributed by atoms with Gasteiger partial charge in [0.25, 0.3) is 0 Å². The SMILES string of the molecule is c1ccc(-c2c(-c3cc4ccccc4o3)nn3c(-c4ccccn4)cc4ccccc4c23)cc1. The zero-order valence-corrected chi connectivity index (χ0v) is 18.2. The quantitative estimate of drug-likeness (QED) is 0.285. The average Bonchev–Trinajstić information content (AvgIpc) is 3.51. The van der Waals surface area contributed by atoms with E-state index < -0.39 is 0 Å². The van der Waals surface area contributed by atoms with Gasteiger partial charge in [-0.25, -0.2) is 4.52 Å². The molecule has 0 unspecified atom stereocenters. The highest BCUT2D eigenvalue weighted by Gasteiger charge is 2.23. The first-order valence-corrected chi connectivity index (χ1v) is 11.3. The van der Waals surface area contributed by atoms with Gasteiger partial charge in [0.05, 0.1) is 16.9 Å². The van der Waals surface area contributed by atoms with Crippen molar-refractivity contribution in [1.82, 2.24) is 14.6 Å². The molecule has 0 saturated carbocycles. The molecule has 0 radical (unpaired) electrons. The molecule has 0 aliphatic heterocycles. The Morgan fingerprint density at radius 3 is 2.26 bits per heavy atom. The molecule has 4 heterocycles. The minimum absolute atomic E-state index is 0.750. The molecule has 0 bridgehead atoms. The number of furan rings is 1. The number of para-hydroxylation sites is 1. The first kappa shape index (κ1) is 18.8. The van der Waals surface area contributed by atoms with E-state index in [1.165, 1.54) is 0 Å². The summed E-state index contributed by atoms with van der Waals surface area (Å²) in [5, 5.41) is 8.50. The van der Waals surface area contributed by atoms with Gasteiger partial charge >= 0.3 is 0 Å². The molecule has 4 heteroatoms. The maximum Gasteiger partial charge on any atom is 0.156 e. The molecule has 0 spiro atoms. The fourth-order valence-electron chi connectivity index (χ4n) is 4.73. The van der Waals surface area contributed by atoms with Crippen LogP contribution in [0.4, 0.5) is 0 Å². The lowest BCUT2D eigenvalue weighted by Gasteiger charge is -2.09. The number of hydrogen-bond acceptors (Lipinski definition) is 3. The van der Waals surface area contributed by atoms with Crippen LogP contribution in [0.1, 0.15) is 0 Å². The molecule has 0 saturated heterocycles. The number of pyridine rings is 2. The fraction of sp³-hybridized carbons (Fsp3) is 0. The Labute approximate surface area is 195 Å². The molecule has 4 nitrogen and oxygen atoms in total. The summed E-state index contributed by atoms with van der Waals surface area (Å²) < 4.78 is 8.34. The molecule has 160 valence electrons. The summed E-state index contributed by atoms with van der Waals surface area (Å²) in [5.41, 5.74) is 6.66. The first-order valence-electron chi connectivity index (χ1n) is 11.3.